The molecule has 3 aromatic rings. The van der Waals surface area contributed by atoms with Crippen molar-refractivity contribution in [2.75, 3.05) is 5.32 Å². The standard InChI is InChI=1S/C15H9Cl2N3O/c16-11-6-9-2-1-5-18-14(9)12(7-11)20-15(21)10-3-4-13(17)19-8-10/h1-8H,(H,20,21). The van der Waals surface area contributed by atoms with Gasteiger partial charge >= 0.3 is 0 Å². The lowest BCUT2D eigenvalue weighted by Crippen LogP contribution is -2.12. The average molecular weight is 318 g/mol. The van der Waals surface area contributed by atoms with Crippen LogP contribution in [-0.4, -0.2) is 15.9 Å². The van der Waals surface area contributed by atoms with Crippen molar-refractivity contribution in [2.24, 2.45) is 0 Å². The zero-order chi connectivity index (χ0) is 14.8. The Morgan fingerprint density at radius 1 is 1.10 bits per heavy atom. The molecule has 2 aromatic heterocycles. The van der Waals surface area contributed by atoms with Crippen LogP contribution in [0.3, 0.4) is 0 Å². The maximum Gasteiger partial charge on any atom is 0.257 e. The zero-order valence-corrected chi connectivity index (χ0v) is 12.2. The van der Waals surface area contributed by atoms with Gasteiger partial charge in [0.15, 0.2) is 0 Å². The number of halogens is 2. The molecule has 0 saturated heterocycles. The van der Waals surface area contributed by atoms with Crippen LogP contribution in [0.5, 0.6) is 0 Å². The number of hydrogen-bond acceptors (Lipinski definition) is 3. The van der Waals surface area contributed by atoms with Crippen molar-refractivity contribution < 1.29 is 4.79 Å². The normalized spacial score (nSPS) is 10.6. The van der Waals surface area contributed by atoms with Gasteiger partial charge in [-0.1, -0.05) is 29.3 Å². The van der Waals surface area contributed by atoms with Crippen molar-refractivity contribution in [3.05, 3.63) is 64.5 Å². The Balaban J connectivity index is 1.98. The highest BCUT2D eigenvalue weighted by molar-refractivity contribution is 6.32. The molecule has 0 unspecified atom stereocenters. The highest BCUT2D eigenvalue weighted by Gasteiger charge is 2.10. The molecule has 1 N–H and O–H groups in total. The second kappa shape index (κ2) is 5.68. The Morgan fingerprint density at radius 2 is 1.95 bits per heavy atom. The number of aromatic nitrogens is 2. The van der Waals surface area contributed by atoms with Gasteiger partial charge in [0.1, 0.15) is 5.15 Å². The molecular weight excluding hydrogens is 309 g/mol. The summed E-state index contributed by atoms with van der Waals surface area (Å²) in [4.78, 5) is 20.4. The first-order valence-electron chi connectivity index (χ1n) is 6.11. The van der Waals surface area contributed by atoms with Gasteiger partial charge in [0.2, 0.25) is 0 Å². The minimum absolute atomic E-state index is 0.298. The smallest absolute Gasteiger partial charge is 0.257 e. The number of benzene rings is 1. The molecule has 0 aliphatic rings. The van der Waals surface area contributed by atoms with E-state index in [-0.39, 0.29) is 5.91 Å². The summed E-state index contributed by atoms with van der Waals surface area (Å²) < 4.78 is 0. The van der Waals surface area contributed by atoms with Crippen LogP contribution in [-0.2, 0) is 0 Å². The molecule has 0 spiro atoms. The number of amides is 1. The minimum Gasteiger partial charge on any atom is -0.320 e. The quantitative estimate of drug-likeness (QED) is 0.721. The van der Waals surface area contributed by atoms with E-state index in [0.717, 1.165) is 5.39 Å². The van der Waals surface area contributed by atoms with Gasteiger partial charge in [-0.15, -0.1) is 0 Å². The van der Waals surface area contributed by atoms with E-state index in [1.807, 2.05) is 12.1 Å². The van der Waals surface area contributed by atoms with E-state index in [1.165, 1.54) is 6.20 Å². The van der Waals surface area contributed by atoms with Crippen LogP contribution >= 0.6 is 23.2 Å². The number of anilines is 1. The van der Waals surface area contributed by atoms with Gasteiger partial charge in [-0.25, -0.2) is 4.98 Å². The molecule has 0 aliphatic heterocycles. The summed E-state index contributed by atoms with van der Waals surface area (Å²) in [5, 5.41) is 4.51. The van der Waals surface area contributed by atoms with E-state index in [4.69, 9.17) is 23.2 Å². The fraction of sp³-hybridized carbons (Fsp3) is 0. The van der Waals surface area contributed by atoms with Crippen LogP contribution in [0.1, 0.15) is 10.4 Å². The molecule has 104 valence electrons. The predicted molar refractivity (Wildman–Crippen MR) is 84.0 cm³/mol. The van der Waals surface area contributed by atoms with E-state index in [1.54, 1.807) is 30.5 Å². The van der Waals surface area contributed by atoms with Crippen LogP contribution in [0.4, 0.5) is 5.69 Å². The van der Waals surface area contributed by atoms with Crippen LogP contribution in [0.15, 0.2) is 48.8 Å². The Hall–Kier alpha value is -2.17. The van der Waals surface area contributed by atoms with Crippen molar-refractivity contribution in [2.45, 2.75) is 0 Å². The molecule has 0 fully saturated rings. The summed E-state index contributed by atoms with van der Waals surface area (Å²) in [6, 6.07) is 10.3. The summed E-state index contributed by atoms with van der Waals surface area (Å²) in [5.74, 6) is -0.298. The van der Waals surface area contributed by atoms with E-state index < -0.39 is 0 Å². The third kappa shape index (κ3) is 2.96. The van der Waals surface area contributed by atoms with Crippen molar-refractivity contribution >= 4 is 45.7 Å². The number of nitrogens with one attached hydrogen (secondary N) is 1. The summed E-state index contributed by atoms with van der Waals surface area (Å²) >= 11 is 11.8. The Labute approximate surface area is 130 Å². The number of carbonyl (C=O) groups is 1. The van der Waals surface area contributed by atoms with Crippen LogP contribution < -0.4 is 5.32 Å². The van der Waals surface area contributed by atoms with E-state index in [2.05, 4.69) is 15.3 Å². The molecule has 0 bridgehead atoms. The van der Waals surface area contributed by atoms with Gasteiger partial charge in [-0.3, -0.25) is 9.78 Å². The lowest BCUT2D eigenvalue weighted by molar-refractivity contribution is 0.102. The van der Waals surface area contributed by atoms with Gasteiger partial charge in [0, 0.05) is 22.8 Å². The van der Waals surface area contributed by atoms with Gasteiger partial charge < -0.3 is 5.32 Å². The van der Waals surface area contributed by atoms with E-state index in [9.17, 15) is 4.79 Å². The molecule has 0 saturated carbocycles. The van der Waals surface area contributed by atoms with E-state index in [0.29, 0.717) is 26.9 Å². The van der Waals surface area contributed by atoms with Crippen molar-refractivity contribution in [1.82, 2.24) is 9.97 Å². The molecule has 1 amide bonds. The number of hydrogen-bond donors (Lipinski definition) is 1. The molecule has 0 radical (unpaired) electrons. The van der Waals surface area contributed by atoms with Gasteiger partial charge in [0.25, 0.3) is 5.91 Å². The SMILES string of the molecule is O=C(Nc1cc(Cl)cc2cccnc12)c1ccc(Cl)nc1. The summed E-state index contributed by atoms with van der Waals surface area (Å²) in [7, 11) is 0. The molecule has 2 heterocycles. The summed E-state index contributed by atoms with van der Waals surface area (Å²) in [5.41, 5.74) is 1.64. The highest BCUT2D eigenvalue weighted by atomic mass is 35.5. The first-order valence-corrected chi connectivity index (χ1v) is 6.86. The fourth-order valence-electron chi connectivity index (χ4n) is 1.96. The molecule has 6 heteroatoms. The number of fused-ring (bicyclic) bond motifs is 1. The first kappa shape index (κ1) is 13.8. The molecule has 21 heavy (non-hydrogen) atoms. The molecular formula is C15H9Cl2N3O. The maximum atomic E-state index is 12.2. The number of rotatable bonds is 2. The van der Waals surface area contributed by atoms with Crippen LogP contribution in [0.25, 0.3) is 10.9 Å². The van der Waals surface area contributed by atoms with Gasteiger partial charge in [0.05, 0.1) is 16.8 Å². The number of carbonyl (C=O) groups excluding carboxylic acids is 1. The second-order valence-electron chi connectivity index (χ2n) is 4.35. The van der Waals surface area contributed by atoms with Gasteiger partial charge in [-0.2, -0.15) is 0 Å². The third-order valence-electron chi connectivity index (χ3n) is 2.91. The summed E-state index contributed by atoms with van der Waals surface area (Å²) in [6.45, 7) is 0. The lowest BCUT2D eigenvalue weighted by atomic mass is 10.2. The number of pyridine rings is 2. The van der Waals surface area contributed by atoms with Gasteiger partial charge in [-0.05, 0) is 30.3 Å². The topological polar surface area (TPSA) is 54.9 Å². The molecule has 0 aliphatic carbocycles. The molecule has 0 atom stereocenters. The number of nitrogens with zero attached hydrogens (tertiary/aromatic N) is 2. The van der Waals surface area contributed by atoms with Crippen molar-refractivity contribution in [3.8, 4) is 0 Å². The minimum atomic E-state index is -0.298. The average Bonchev–Trinajstić information content (AvgIpc) is 2.47. The molecule has 3 rings (SSSR count). The van der Waals surface area contributed by atoms with Crippen molar-refractivity contribution in [1.29, 1.82) is 0 Å². The van der Waals surface area contributed by atoms with E-state index >= 15 is 0 Å². The first-order chi connectivity index (χ1) is 10.1. The monoisotopic (exact) mass is 317 g/mol. The highest BCUT2D eigenvalue weighted by Crippen LogP contribution is 2.26. The molecule has 4 nitrogen and oxygen atoms in total. The second-order valence-corrected chi connectivity index (χ2v) is 5.18. The predicted octanol–water partition coefficient (Wildman–Crippen LogP) is 4.19. The molecule has 1 aromatic carbocycles. The van der Waals surface area contributed by atoms with Crippen LogP contribution in [0, 0.1) is 0 Å². The van der Waals surface area contributed by atoms with Crippen molar-refractivity contribution in [3.63, 3.8) is 0 Å². The zero-order valence-electron chi connectivity index (χ0n) is 10.7. The largest absolute Gasteiger partial charge is 0.320 e. The fourth-order valence-corrected chi connectivity index (χ4v) is 2.29. The maximum absolute atomic E-state index is 12.2. The Morgan fingerprint density at radius 3 is 2.71 bits per heavy atom. The Kier molecular flexibility index (Phi) is 3.73. The lowest BCUT2D eigenvalue weighted by Gasteiger charge is -2.08. The van der Waals surface area contributed by atoms with Crippen LogP contribution in [0.2, 0.25) is 10.2 Å². The summed E-state index contributed by atoms with van der Waals surface area (Å²) in [6.07, 6.45) is 3.08. The third-order valence-corrected chi connectivity index (χ3v) is 3.35. The Bertz CT molecular complexity index is 819.